The number of fused-ring (bicyclic) bond motifs is 1. The predicted molar refractivity (Wildman–Crippen MR) is 60.8 cm³/mol. The molecule has 2 N–H and O–H groups in total. The highest BCUT2D eigenvalue weighted by atomic mass is 79.9. The topological polar surface area (TPSA) is 75.2 Å². The van der Waals surface area contributed by atoms with Crippen LogP contribution in [-0.2, 0) is 9.53 Å². The molecular weight excluding hydrogens is 276 g/mol. The van der Waals surface area contributed by atoms with Gasteiger partial charge in [0.15, 0.2) is 6.10 Å². The third-order valence-corrected chi connectivity index (χ3v) is 2.88. The van der Waals surface area contributed by atoms with Crippen molar-refractivity contribution >= 4 is 32.8 Å². The molecule has 6 heteroatoms. The number of hydrogen-bond donors (Lipinski definition) is 2. The monoisotopic (exact) mass is 284 g/mol. The Morgan fingerprint density at radius 2 is 2.38 bits per heavy atom. The van der Waals surface area contributed by atoms with Gasteiger partial charge >= 0.3 is 5.97 Å². The summed E-state index contributed by atoms with van der Waals surface area (Å²) < 4.78 is 5.18. The molecule has 84 valence electrons. The van der Waals surface area contributed by atoms with Crippen molar-refractivity contribution < 1.29 is 14.6 Å². The number of carbonyl (C=O) groups is 1. The summed E-state index contributed by atoms with van der Waals surface area (Å²) >= 11 is 3.29. The second-order valence-electron chi connectivity index (χ2n) is 3.24. The van der Waals surface area contributed by atoms with E-state index in [1.807, 2.05) is 0 Å². The SMILES string of the molecule is COC(=O)C(O)c1ccc2n[nH]c(Br)c2c1. The second kappa shape index (κ2) is 4.23. The molecule has 1 heterocycles. The molecule has 0 fully saturated rings. The quantitative estimate of drug-likeness (QED) is 0.820. The third-order valence-electron chi connectivity index (χ3n) is 2.27. The summed E-state index contributed by atoms with van der Waals surface area (Å²) in [6.45, 7) is 0. The fraction of sp³-hybridized carbons (Fsp3) is 0.200. The maximum Gasteiger partial charge on any atom is 0.339 e. The summed E-state index contributed by atoms with van der Waals surface area (Å²) in [5, 5.41) is 17.2. The molecule has 0 bridgehead atoms. The van der Waals surface area contributed by atoms with Crippen molar-refractivity contribution in [2.45, 2.75) is 6.10 Å². The van der Waals surface area contributed by atoms with E-state index in [0.717, 1.165) is 10.9 Å². The molecule has 1 aromatic heterocycles. The smallest absolute Gasteiger partial charge is 0.339 e. The number of halogens is 1. The molecule has 0 aliphatic carbocycles. The highest BCUT2D eigenvalue weighted by molar-refractivity contribution is 9.10. The zero-order valence-corrected chi connectivity index (χ0v) is 9.98. The lowest BCUT2D eigenvalue weighted by Crippen LogP contribution is -2.13. The highest BCUT2D eigenvalue weighted by Gasteiger charge is 2.18. The summed E-state index contributed by atoms with van der Waals surface area (Å²) in [5.41, 5.74) is 1.23. The van der Waals surface area contributed by atoms with E-state index in [2.05, 4.69) is 30.9 Å². The number of carbonyl (C=O) groups excluding carboxylic acids is 1. The first-order valence-electron chi connectivity index (χ1n) is 4.53. The van der Waals surface area contributed by atoms with Gasteiger partial charge in [-0.2, -0.15) is 5.10 Å². The Bertz CT molecular complexity index is 538. The minimum atomic E-state index is -1.27. The number of methoxy groups -OCH3 is 1. The molecule has 1 aromatic carbocycles. The number of H-pyrrole nitrogens is 1. The van der Waals surface area contributed by atoms with Gasteiger partial charge in [-0.25, -0.2) is 4.79 Å². The minimum Gasteiger partial charge on any atom is -0.467 e. The first-order chi connectivity index (χ1) is 7.63. The van der Waals surface area contributed by atoms with Crippen LogP contribution in [0, 0.1) is 0 Å². The van der Waals surface area contributed by atoms with Crippen LogP contribution in [0.25, 0.3) is 10.9 Å². The van der Waals surface area contributed by atoms with Crippen LogP contribution in [0.5, 0.6) is 0 Å². The number of hydrogen-bond acceptors (Lipinski definition) is 4. The lowest BCUT2D eigenvalue weighted by molar-refractivity contribution is -0.150. The lowest BCUT2D eigenvalue weighted by atomic mass is 10.1. The van der Waals surface area contributed by atoms with E-state index < -0.39 is 12.1 Å². The van der Waals surface area contributed by atoms with Gasteiger partial charge in [0.05, 0.1) is 12.6 Å². The van der Waals surface area contributed by atoms with Crippen LogP contribution in [0.4, 0.5) is 0 Å². The molecule has 0 radical (unpaired) electrons. The number of aliphatic hydroxyl groups is 1. The fourth-order valence-electron chi connectivity index (χ4n) is 1.41. The molecular formula is C10H9BrN2O3. The molecule has 0 spiro atoms. The maximum atomic E-state index is 11.2. The number of ether oxygens (including phenoxy) is 1. The molecule has 5 nitrogen and oxygen atoms in total. The van der Waals surface area contributed by atoms with Crippen molar-refractivity contribution in [3.05, 3.63) is 28.4 Å². The van der Waals surface area contributed by atoms with Crippen molar-refractivity contribution in [1.82, 2.24) is 10.2 Å². The van der Waals surface area contributed by atoms with Gasteiger partial charge < -0.3 is 9.84 Å². The average Bonchev–Trinajstić information content (AvgIpc) is 2.68. The van der Waals surface area contributed by atoms with E-state index in [0.29, 0.717) is 10.2 Å². The summed E-state index contributed by atoms with van der Waals surface area (Å²) in [6, 6.07) is 5.04. The highest BCUT2D eigenvalue weighted by Crippen LogP contribution is 2.25. The Kier molecular flexibility index (Phi) is 2.93. The number of aromatic amines is 1. The van der Waals surface area contributed by atoms with Crippen LogP contribution in [0.2, 0.25) is 0 Å². The summed E-state index contributed by atoms with van der Waals surface area (Å²) in [7, 11) is 1.23. The van der Waals surface area contributed by atoms with E-state index in [1.165, 1.54) is 7.11 Å². The first kappa shape index (κ1) is 11.1. The molecule has 0 aliphatic heterocycles. The maximum absolute atomic E-state index is 11.2. The average molecular weight is 285 g/mol. The third kappa shape index (κ3) is 1.81. The Morgan fingerprint density at radius 1 is 1.62 bits per heavy atom. The molecule has 0 saturated carbocycles. The van der Waals surface area contributed by atoms with Gasteiger partial charge in [-0.3, -0.25) is 5.10 Å². The van der Waals surface area contributed by atoms with Gasteiger partial charge in [0.2, 0.25) is 0 Å². The Balaban J connectivity index is 2.45. The first-order valence-corrected chi connectivity index (χ1v) is 5.32. The van der Waals surface area contributed by atoms with Crippen molar-refractivity contribution in [2.24, 2.45) is 0 Å². The Hall–Kier alpha value is -1.40. The van der Waals surface area contributed by atoms with Gasteiger partial charge in [-0.15, -0.1) is 0 Å². The van der Waals surface area contributed by atoms with E-state index in [4.69, 9.17) is 0 Å². The number of aliphatic hydroxyl groups excluding tert-OH is 1. The molecule has 2 aromatic rings. The number of benzene rings is 1. The zero-order chi connectivity index (χ0) is 11.7. The van der Waals surface area contributed by atoms with Gasteiger partial charge in [-0.05, 0) is 33.6 Å². The van der Waals surface area contributed by atoms with E-state index in [9.17, 15) is 9.90 Å². The van der Waals surface area contributed by atoms with E-state index in [-0.39, 0.29) is 0 Å². The number of nitrogens with one attached hydrogen (secondary N) is 1. The van der Waals surface area contributed by atoms with Crippen molar-refractivity contribution in [1.29, 1.82) is 0 Å². The second-order valence-corrected chi connectivity index (χ2v) is 4.03. The molecule has 16 heavy (non-hydrogen) atoms. The van der Waals surface area contributed by atoms with Crippen LogP contribution >= 0.6 is 15.9 Å². The van der Waals surface area contributed by atoms with Crippen molar-refractivity contribution in [2.75, 3.05) is 7.11 Å². The molecule has 2 rings (SSSR count). The Morgan fingerprint density at radius 3 is 3.06 bits per heavy atom. The number of nitrogens with zero attached hydrogens (tertiary/aromatic N) is 1. The Labute approximate surface area is 99.5 Å². The number of rotatable bonds is 2. The van der Waals surface area contributed by atoms with Crippen LogP contribution in [0.3, 0.4) is 0 Å². The van der Waals surface area contributed by atoms with Gasteiger partial charge in [-0.1, -0.05) is 6.07 Å². The number of aromatic nitrogens is 2. The van der Waals surface area contributed by atoms with Crippen LogP contribution in [0.15, 0.2) is 22.8 Å². The van der Waals surface area contributed by atoms with Gasteiger partial charge in [0.1, 0.15) is 4.60 Å². The molecule has 1 unspecified atom stereocenters. The van der Waals surface area contributed by atoms with Gasteiger partial charge in [0, 0.05) is 5.39 Å². The molecule has 0 saturated heterocycles. The summed E-state index contributed by atoms with van der Waals surface area (Å²) in [6.07, 6.45) is -1.27. The summed E-state index contributed by atoms with van der Waals surface area (Å²) in [4.78, 5) is 11.2. The fourth-order valence-corrected chi connectivity index (χ4v) is 1.82. The largest absolute Gasteiger partial charge is 0.467 e. The van der Waals surface area contributed by atoms with E-state index >= 15 is 0 Å². The van der Waals surface area contributed by atoms with Gasteiger partial charge in [0.25, 0.3) is 0 Å². The summed E-state index contributed by atoms with van der Waals surface area (Å²) in [5.74, 6) is -0.682. The van der Waals surface area contributed by atoms with Crippen LogP contribution in [0.1, 0.15) is 11.7 Å². The molecule has 0 amide bonds. The lowest BCUT2D eigenvalue weighted by Gasteiger charge is -2.08. The molecule has 0 aliphatic rings. The normalized spacial score (nSPS) is 12.7. The molecule has 1 atom stereocenters. The van der Waals surface area contributed by atoms with Crippen molar-refractivity contribution in [3.8, 4) is 0 Å². The zero-order valence-electron chi connectivity index (χ0n) is 8.40. The van der Waals surface area contributed by atoms with Crippen LogP contribution in [-0.4, -0.2) is 28.4 Å². The van der Waals surface area contributed by atoms with Crippen LogP contribution < -0.4 is 0 Å². The predicted octanol–water partition coefficient (Wildman–Crippen LogP) is 1.53. The van der Waals surface area contributed by atoms with Crippen molar-refractivity contribution in [3.63, 3.8) is 0 Å². The number of esters is 1. The minimum absolute atomic E-state index is 0.474. The standard InChI is InChI=1S/C10H9BrN2O3/c1-16-10(15)8(14)5-2-3-7-6(4-5)9(11)13-12-7/h2-4,8,14H,1H3,(H,12,13). The van der Waals surface area contributed by atoms with E-state index in [1.54, 1.807) is 18.2 Å².